The fourth-order valence-corrected chi connectivity index (χ4v) is 2.12. The highest BCUT2D eigenvalue weighted by molar-refractivity contribution is 5.74. The molecule has 0 bridgehead atoms. The van der Waals surface area contributed by atoms with Gasteiger partial charge in [0.1, 0.15) is 0 Å². The molecular formula is C10H20N2O. The van der Waals surface area contributed by atoms with Crippen LogP contribution in [0.1, 0.15) is 34.6 Å². The zero-order valence-electron chi connectivity index (χ0n) is 9.16. The number of carbonyl (C=O) groups excluding carboxylic acids is 1. The van der Waals surface area contributed by atoms with Crippen molar-refractivity contribution in [2.45, 2.75) is 58.8 Å². The van der Waals surface area contributed by atoms with Gasteiger partial charge in [-0.2, -0.15) is 0 Å². The summed E-state index contributed by atoms with van der Waals surface area (Å²) in [5.74, 6) is 0.181. The van der Waals surface area contributed by atoms with Gasteiger partial charge in [-0.1, -0.05) is 0 Å². The lowest BCUT2D eigenvalue weighted by molar-refractivity contribution is -0.136. The molecule has 13 heavy (non-hydrogen) atoms. The zero-order chi connectivity index (χ0) is 10.2. The van der Waals surface area contributed by atoms with Gasteiger partial charge >= 0.3 is 0 Å². The molecule has 1 amide bonds. The third-order valence-electron chi connectivity index (χ3n) is 3.21. The quantitative estimate of drug-likeness (QED) is 0.609. The summed E-state index contributed by atoms with van der Waals surface area (Å²) in [5.41, 5.74) is 0. The largest absolute Gasteiger partial charge is 0.334 e. The minimum atomic E-state index is 0.181. The minimum Gasteiger partial charge on any atom is -0.334 e. The second-order valence-electron chi connectivity index (χ2n) is 4.15. The minimum absolute atomic E-state index is 0.181. The van der Waals surface area contributed by atoms with E-state index < -0.39 is 0 Å². The predicted octanol–water partition coefficient (Wildman–Crippen LogP) is 0.992. The Morgan fingerprint density at radius 2 is 1.46 bits per heavy atom. The second kappa shape index (κ2) is 3.66. The maximum Gasteiger partial charge on any atom is 0.220 e. The summed E-state index contributed by atoms with van der Waals surface area (Å²) in [7, 11) is 0. The molecule has 1 aliphatic rings. The molecule has 1 aliphatic heterocycles. The smallest absolute Gasteiger partial charge is 0.220 e. The van der Waals surface area contributed by atoms with E-state index in [0.717, 1.165) is 0 Å². The molecule has 3 nitrogen and oxygen atoms in total. The molecule has 3 heteroatoms. The first kappa shape index (κ1) is 10.5. The Balaban J connectivity index is 2.82. The first-order valence-corrected chi connectivity index (χ1v) is 5.00. The van der Waals surface area contributed by atoms with Crippen LogP contribution >= 0.6 is 0 Å². The summed E-state index contributed by atoms with van der Waals surface area (Å²) in [6, 6.07) is 1.36. The van der Waals surface area contributed by atoms with Gasteiger partial charge in [-0.3, -0.25) is 4.79 Å². The number of piperazine rings is 1. The van der Waals surface area contributed by atoms with E-state index >= 15 is 0 Å². The van der Waals surface area contributed by atoms with Crippen LogP contribution < -0.4 is 5.32 Å². The lowest BCUT2D eigenvalue weighted by Gasteiger charge is -2.46. The number of hydrogen-bond donors (Lipinski definition) is 1. The molecule has 0 aliphatic carbocycles. The third kappa shape index (κ3) is 1.85. The van der Waals surface area contributed by atoms with Crippen LogP contribution in [-0.2, 0) is 4.79 Å². The van der Waals surface area contributed by atoms with Crippen LogP contribution in [0.2, 0.25) is 0 Å². The molecule has 0 spiro atoms. The molecule has 0 aromatic heterocycles. The van der Waals surface area contributed by atoms with Crippen molar-refractivity contribution in [3.8, 4) is 0 Å². The Labute approximate surface area is 80.5 Å². The van der Waals surface area contributed by atoms with Crippen LogP contribution in [0.15, 0.2) is 0 Å². The maximum atomic E-state index is 11.4. The van der Waals surface area contributed by atoms with Crippen LogP contribution in [0.25, 0.3) is 0 Å². The van der Waals surface area contributed by atoms with E-state index in [1.54, 1.807) is 6.92 Å². The third-order valence-corrected chi connectivity index (χ3v) is 3.21. The van der Waals surface area contributed by atoms with Crippen LogP contribution in [0.5, 0.6) is 0 Å². The van der Waals surface area contributed by atoms with Crippen molar-refractivity contribution in [2.75, 3.05) is 0 Å². The van der Waals surface area contributed by atoms with Gasteiger partial charge in [0.15, 0.2) is 0 Å². The molecule has 1 rings (SSSR count). The average molecular weight is 184 g/mol. The lowest BCUT2D eigenvalue weighted by Crippen LogP contribution is -2.64. The second-order valence-corrected chi connectivity index (χ2v) is 4.15. The highest BCUT2D eigenvalue weighted by atomic mass is 16.2. The molecule has 4 atom stereocenters. The van der Waals surface area contributed by atoms with Crippen LogP contribution in [0.4, 0.5) is 0 Å². The highest BCUT2D eigenvalue weighted by Gasteiger charge is 2.35. The van der Waals surface area contributed by atoms with E-state index in [0.29, 0.717) is 24.2 Å². The molecule has 0 radical (unpaired) electrons. The van der Waals surface area contributed by atoms with E-state index in [9.17, 15) is 4.79 Å². The molecule has 0 aromatic rings. The Morgan fingerprint density at radius 1 is 1.08 bits per heavy atom. The summed E-state index contributed by atoms with van der Waals surface area (Å²) in [6.07, 6.45) is 0. The summed E-state index contributed by atoms with van der Waals surface area (Å²) in [6.45, 7) is 10.1. The fraction of sp³-hybridized carbons (Fsp3) is 0.900. The molecular weight excluding hydrogens is 164 g/mol. The molecule has 0 aromatic carbocycles. The number of rotatable bonds is 0. The monoisotopic (exact) mass is 184 g/mol. The SMILES string of the molecule is CC(=O)N1[C@@H](C)[C@H](C)N[C@H](C)[C@@H]1C. The molecule has 1 fully saturated rings. The normalized spacial score (nSPS) is 40.5. The Kier molecular flexibility index (Phi) is 2.96. The molecule has 1 N–H and O–H groups in total. The van der Waals surface area contributed by atoms with Crippen molar-refractivity contribution in [1.82, 2.24) is 10.2 Å². The van der Waals surface area contributed by atoms with E-state index in [4.69, 9.17) is 0 Å². The van der Waals surface area contributed by atoms with Crippen LogP contribution in [0.3, 0.4) is 0 Å². The van der Waals surface area contributed by atoms with E-state index in [2.05, 4.69) is 33.0 Å². The molecule has 1 saturated heterocycles. The summed E-state index contributed by atoms with van der Waals surface area (Å²) < 4.78 is 0. The number of nitrogens with zero attached hydrogens (tertiary/aromatic N) is 1. The molecule has 1 heterocycles. The van der Waals surface area contributed by atoms with Gasteiger partial charge in [0.25, 0.3) is 0 Å². The van der Waals surface area contributed by atoms with Crippen LogP contribution in [0, 0.1) is 0 Å². The van der Waals surface area contributed by atoms with Crippen molar-refractivity contribution in [1.29, 1.82) is 0 Å². The van der Waals surface area contributed by atoms with Crippen molar-refractivity contribution in [3.05, 3.63) is 0 Å². The Morgan fingerprint density at radius 3 is 1.77 bits per heavy atom. The maximum absolute atomic E-state index is 11.4. The van der Waals surface area contributed by atoms with Crippen molar-refractivity contribution in [2.24, 2.45) is 0 Å². The number of nitrogens with one attached hydrogen (secondary N) is 1. The van der Waals surface area contributed by atoms with Gasteiger partial charge in [-0.05, 0) is 27.7 Å². The van der Waals surface area contributed by atoms with Gasteiger partial charge in [0.2, 0.25) is 5.91 Å². The highest BCUT2D eigenvalue weighted by Crippen LogP contribution is 2.18. The summed E-state index contributed by atoms with van der Waals surface area (Å²) >= 11 is 0. The number of amides is 1. The molecule has 76 valence electrons. The first-order chi connectivity index (χ1) is 5.95. The molecule has 0 unspecified atom stereocenters. The van der Waals surface area contributed by atoms with Crippen molar-refractivity contribution >= 4 is 5.91 Å². The first-order valence-electron chi connectivity index (χ1n) is 5.00. The van der Waals surface area contributed by atoms with E-state index in [1.165, 1.54) is 0 Å². The van der Waals surface area contributed by atoms with Crippen LogP contribution in [-0.4, -0.2) is 35.0 Å². The predicted molar refractivity (Wildman–Crippen MR) is 53.5 cm³/mol. The average Bonchev–Trinajstić information content (AvgIpc) is 2.01. The number of hydrogen-bond acceptors (Lipinski definition) is 2. The molecule has 0 saturated carbocycles. The van der Waals surface area contributed by atoms with Gasteiger partial charge in [-0.25, -0.2) is 0 Å². The van der Waals surface area contributed by atoms with Crippen molar-refractivity contribution in [3.63, 3.8) is 0 Å². The topological polar surface area (TPSA) is 32.3 Å². The van der Waals surface area contributed by atoms with Gasteiger partial charge in [0.05, 0.1) is 0 Å². The standard InChI is InChI=1S/C10H20N2O/c1-6-8(3)12(10(5)13)9(4)7(2)11-6/h6-9,11H,1-5H3/t6-,7+,8-,9-/m0/s1. The van der Waals surface area contributed by atoms with E-state index in [-0.39, 0.29) is 5.91 Å². The van der Waals surface area contributed by atoms with Gasteiger partial charge in [-0.15, -0.1) is 0 Å². The Hall–Kier alpha value is -0.570. The fourth-order valence-electron chi connectivity index (χ4n) is 2.12. The Bertz CT molecular complexity index is 191. The summed E-state index contributed by atoms with van der Waals surface area (Å²) in [5, 5.41) is 3.47. The van der Waals surface area contributed by atoms with Gasteiger partial charge in [0, 0.05) is 31.1 Å². The van der Waals surface area contributed by atoms with Gasteiger partial charge < -0.3 is 10.2 Å². The lowest BCUT2D eigenvalue weighted by atomic mass is 9.97. The zero-order valence-corrected chi connectivity index (χ0v) is 9.16. The summed E-state index contributed by atoms with van der Waals surface area (Å²) in [4.78, 5) is 13.4. The van der Waals surface area contributed by atoms with E-state index in [1.807, 2.05) is 4.90 Å². The van der Waals surface area contributed by atoms with Crippen molar-refractivity contribution < 1.29 is 4.79 Å². The number of carbonyl (C=O) groups is 1.